The van der Waals surface area contributed by atoms with Crippen LogP contribution < -0.4 is 0 Å². The van der Waals surface area contributed by atoms with Crippen molar-refractivity contribution in [2.45, 2.75) is 33.1 Å². The number of unbranched alkanes of at least 4 members (excludes halogenated alkanes) is 2. The first-order valence-corrected chi connectivity index (χ1v) is 4.10. The molecule has 0 heteroatoms. The smallest absolute Gasteiger partial charge is 0.00846 e. The lowest BCUT2D eigenvalue weighted by Gasteiger charge is -1.94. The molecule has 0 fully saturated rings. The third-order valence-corrected chi connectivity index (χ3v) is 1.54. The molecular formula is C10H18. The fourth-order valence-electron chi connectivity index (χ4n) is 0.711. The van der Waals surface area contributed by atoms with Gasteiger partial charge in [0.15, 0.2) is 0 Å². The van der Waals surface area contributed by atoms with Crippen molar-refractivity contribution in [2.75, 3.05) is 0 Å². The van der Waals surface area contributed by atoms with Gasteiger partial charge in [-0.25, -0.2) is 0 Å². The first-order valence-electron chi connectivity index (χ1n) is 4.10. The molecule has 0 bridgehead atoms. The number of allylic oxidation sites excluding steroid dienone is 3. The van der Waals surface area contributed by atoms with Crippen LogP contribution in [0.2, 0.25) is 0 Å². The summed E-state index contributed by atoms with van der Waals surface area (Å²) in [5, 5.41) is 0. The van der Waals surface area contributed by atoms with Crippen molar-refractivity contribution in [3.05, 3.63) is 24.8 Å². The van der Waals surface area contributed by atoms with E-state index in [1.165, 1.54) is 19.3 Å². The Morgan fingerprint density at radius 1 is 1.50 bits per heavy atom. The molecule has 10 heavy (non-hydrogen) atoms. The highest BCUT2D eigenvalue weighted by Crippen LogP contribution is 2.01. The van der Waals surface area contributed by atoms with Crippen molar-refractivity contribution in [2.24, 2.45) is 5.92 Å². The van der Waals surface area contributed by atoms with Gasteiger partial charge in [-0.05, 0) is 12.3 Å². The van der Waals surface area contributed by atoms with E-state index in [9.17, 15) is 0 Å². The predicted molar refractivity (Wildman–Crippen MR) is 48.0 cm³/mol. The van der Waals surface area contributed by atoms with Crippen LogP contribution in [-0.2, 0) is 0 Å². The molecule has 0 aliphatic heterocycles. The fraction of sp³-hybridized carbons (Fsp3) is 0.600. The molecule has 0 aromatic carbocycles. The summed E-state index contributed by atoms with van der Waals surface area (Å²) in [6, 6.07) is 0. The number of hydrogen-bond acceptors (Lipinski definition) is 0. The molecule has 0 N–H and O–H groups in total. The summed E-state index contributed by atoms with van der Waals surface area (Å²) in [7, 11) is 0. The summed E-state index contributed by atoms with van der Waals surface area (Å²) in [4.78, 5) is 0. The second kappa shape index (κ2) is 6.60. The Balaban J connectivity index is 3.26. The number of rotatable bonds is 5. The summed E-state index contributed by atoms with van der Waals surface area (Å²) < 4.78 is 0. The van der Waals surface area contributed by atoms with Gasteiger partial charge in [0.05, 0.1) is 0 Å². The van der Waals surface area contributed by atoms with Crippen LogP contribution in [0.5, 0.6) is 0 Å². The molecule has 0 spiro atoms. The molecule has 58 valence electrons. The summed E-state index contributed by atoms with van der Waals surface area (Å²) in [6.45, 7) is 8.07. The molecule has 0 aliphatic carbocycles. The van der Waals surface area contributed by atoms with E-state index in [0.717, 1.165) is 0 Å². The van der Waals surface area contributed by atoms with E-state index >= 15 is 0 Å². The lowest BCUT2D eigenvalue weighted by atomic mass is 10.1. The molecular weight excluding hydrogens is 120 g/mol. The van der Waals surface area contributed by atoms with Crippen molar-refractivity contribution in [1.82, 2.24) is 0 Å². The van der Waals surface area contributed by atoms with Crippen molar-refractivity contribution in [3.8, 4) is 0 Å². The zero-order valence-electron chi connectivity index (χ0n) is 7.14. The van der Waals surface area contributed by atoms with Gasteiger partial charge < -0.3 is 0 Å². The summed E-state index contributed by atoms with van der Waals surface area (Å²) in [5.41, 5.74) is 0. The third kappa shape index (κ3) is 5.61. The van der Waals surface area contributed by atoms with Crippen LogP contribution >= 0.6 is 0 Å². The molecule has 0 aliphatic rings. The highest BCUT2D eigenvalue weighted by atomic mass is 13.9. The van der Waals surface area contributed by atoms with Gasteiger partial charge in [-0.15, -0.1) is 6.58 Å². The molecule has 1 unspecified atom stereocenters. The SMILES string of the molecule is C=CC(C)/C=C\CCCC. The van der Waals surface area contributed by atoms with E-state index in [1.54, 1.807) is 0 Å². The lowest BCUT2D eigenvalue weighted by Crippen LogP contribution is -1.79. The summed E-state index contributed by atoms with van der Waals surface area (Å²) in [6.07, 6.45) is 10.2. The van der Waals surface area contributed by atoms with Crippen LogP contribution in [0.1, 0.15) is 33.1 Å². The monoisotopic (exact) mass is 138 g/mol. The molecule has 0 aromatic heterocycles. The Labute approximate surface area is 64.6 Å². The molecule has 0 saturated carbocycles. The lowest BCUT2D eigenvalue weighted by molar-refractivity contribution is 0.806. The Bertz CT molecular complexity index is 101. The second-order valence-electron chi connectivity index (χ2n) is 2.67. The maximum absolute atomic E-state index is 3.71. The first-order chi connectivity index (χ1) is 4.81. The molecule has 0 radical (unpaired) electrons. The minimum absolute atomic E-state index is 0.539. The van der Waals surface area contributed by atoms with Crippen LogP contribution in [0, 0.1) is 5.92 Å². The van der Waals surface area contributed by atoms with Gasteiger partial charge in [0.1, 0.15) is 0 Å². The van der Waals surface area contributed by atoms with E-state index in [1.807, 2.05) is 6.08 Å². The molecule has 0 nitrogen and oxygen atoms in total. The number of hydrogen-bond donors (Lipinski definition) is 0. The third-order valence-electron chi connectivity index (χ3n) is 1.54. The van der Waals surface area contributed by atoms with E-state index in [-0.39, 0.29) is 0 Å². The van der Waals surface area contributed by atoms with Crippen LogP contribution in [0.4, 0.5) is 0 Å². The summed E-state index contributed by atoms with van der Waals surface area (Å²) >= 11 is 0. The van der Waals surface area contributed by atoms with E-state index in [0.29, 0.717) is 5.92 Å². The average Bonchev–Trinajstić information content (AvgIpc) is 1.98. The Hall–Kier alpha value is -0.520. The minimum atomic E-state index is 0.539. The highest BCUT2D eigenvalue weighted by molar-refractivity contribution is 4.94. The largest absolute Gasteiger partial charge is 0.102 e. The van der Waals surface area contributed by atoms with Crippen LogP contribution in [0.15, 0.2) is 24.8 Å². The van der Waals surface area contributed by atoms with Crippen LogP contribution in [0.25, 0.3) is 0 Å². The average molecular weight is 138 g/mol. The van der Waals surface area contributed by atoms with Crippen molar-refractivity contribution in [1.29, 1.82) is 0 Å². The normalized spacial score (nSPS) is 13.8. The van der Waals surface area contributed by atoms with Crippen LogP contribution in [0.3, 0.4) is 0 Å². The molecule has 0 amide bonds. The Kier molecular flexibility index (Phi) is 6.25. The van der Waals surface area contributed by atoms with Crippen molar-refractivity contribution in [3.63, 3.8) is 0 Å². The molecule has 0 rings (SSSR count). The van der Waals surface area contributed by atoms with Gasteiger partial charge in [0.25, 0.3) is 0 Å². The van der Waals surface area contributed by atoms with E-state index < -0.39 is 0 Å². The van der Waals surface area contributed by atoms with E-state index in [4.69, 9.17) is 0 Å². The Morgan fingerprint density at radius 3 is 2.70 bits per heavy atom. The molecule has 0 heterocycles. The van der Waals surface area contributed by atoms with E-state index in [2.05, 4.69) is 32.6 Å². The Morgan fingerprint density at radius 2 is 2.20 bits per heavy atom. The van der Waals surface area contributed by atoms with Gasteiger partial charge in [0.2, 0.25) is 0 Å². The van der Waals surface area contributed by atoms with Gasteiger partial charge in [-0.2, -0.15) is 0 Å². The molecule has 0 aromatic rings. The fourth-order valence-corrected chi connectivity index (χ4v) is 0.711. The van der Waals surface area contributed by atoms with Gasteiger partial charge >= 0.3 is 0 Å². The topological polar surface area (TPSA) is 0 Å². The summed E-state index contributed by atoms with van der Waals surface area (Å²) in [5.74, 6) is 0.539. The standard InChI is InChI=1S/C10H18/c1-4-6-7-8-9-10(3)5-2/h5,8-10H,2,4,6-7H2,1,3H3/b9-8-. The second-order valence-corrected chi connectivity index (χ2v) is 2.67. The minimum Gasteiger partial charge on any atom is -0.102 e. The van der Waals surface area contributed by atoms with Gasteiger partial charge in [-0.1, -0.05) is 44.9 Å². The molecule has 0 saturated heterocycles. The zero-order chi connectivity index (χ0) is 7.82. The first kappa shape index (κ1) is 9.48. The van der Waals surface area contributed by atoms with Crippen molar-refractivity contribution < 1.29 is 0 Å². The maximum atomic E-state index is 3.71. The van der Waals surface area contributed by atoms with Crippen LogP contribution in [-0.4, -0.2) is 0 Å². The maximum Gasteiger partial charge on any atom is -0.00846 e. The quantitative estimate of drug-likeness (QED) is 0.402. The van der Waals surface area contributed by atoms with Gasteiger partial charge in [-0.3, -0.25) is 0 Å². The van der Waals surface area contributed by atoms with Gasteiger partial charge in [0, 0.05) is 0 Å². The molecule has 1 atom stereocenters. The zero-order valence-corrected chi connectivity index (χ0v) is 7.14. The highest BCUT2D eigenvalue weighted by Gasteiger charge is 1.84. The predicted octanol–water partition coefficient (Wildman–Crippen LogP) is 3.55. The van der Waals surface area contributed by atoms with Crippen molar-refractivity contribution >= 4 is 0 Å².